The van der Waals surface area contributed by atoms with E-state index in [4.69, 9.17) is 10.00 Å². The average Bonchev–Trinajstić information content (AvgIpc) is 2.29. The number of rotatable bonds is 4. The molecule has 4 nitrogen and oxygen atoms in total. The van der Waals surface area contributed by atoms with E-state index in [1.165, 1.54) is 0 Å². The highest BCUT2D eigenvalue weighted by Crippen LogP contribution is 2.02. The minimum absolute atomic E-state index is 0.346. The SMILES string of the molecule is CCCCOC(=NC#N)c1cccnc1. The summed E-state index contributed by atoms with van der Waals surface area (Å²) in [6.45, 7) is 2.65. The lowest BCUT2D eigenvalue weighted by atomic mass is 10.3. The van der Waals surface area contributed by atoms with Crippen molar-refractivity contribution in [2.45, 2.75) is 19.8 Å². The van der Waals surface area contributed by atoms with Gasteiger partial charge in [-0.1, -0.05) is 13.3 Å². The molecule has 0 saturated heterocycles. The molecular weight excluding hydrogens is 190 g/mol. The van der Waals surface area contributed by atoms with Crippen LogP contribution in [0.3, 0.4) is 0 Å². The highest BCUT2D eigenvalue weighted by atomic mass is 16.5. The van der Waals surface area contributed by atoms with Gasteiger partial charge in [0.15, 0.2) is 0 Å². The Morgan fingerprint density at radius 3 is 3.13 bits per heavy atom. The third kappa shape index (κ3) is 3.77. The molecule has 1 aromatic heterocycles. The van der Waals surface area contributed by atoms with Crippen LogP contribution in [0, 0.1) is 11.5 Å². The van der Waals surface area contributed by atoms with Crippen LogP contribution in [0.4, 0.5) is 0 Å². The molecule has 0 aliphatic heterocycles. The number of aliphatic imine (C=N–C) groups is 1. The fourth-order valence-corrected chi connectivity index (χ4v) is 1.03. The molecule has 0 amide bonds. The van der Waals surface area contributed by atoms with Crippen LogP contribution in [-0.4, -0.2) is 17.5 Å². The Kier molecular flexibility index (Phi) is 4.88. The summed E-state index contributed by atoms with van der Waals surface area (Å²) in [5.41, 5.74) is 0.732. The monoisotopic (exact) mass is 203 g/mol. The minimum Gasteiger partial charge on any atom is -0.477 e. The summed E-state index contributed by atoms with van der Waals surface area (Å²) in [5.74, 6) is 0.346. The molecule has 0 fully saturated rings. The molecule has 4 heteroatoms. The van der Waals surface area contributed by atoms with Crippen molar-refractivity contribution < 1.29 is 4.74 Å². The molecule has 1 heterocycles. The Hall–Kier alpha value is -1.89. The van der Waals surface area contributed by atoms with Crippen molar-refractivity contribution in [2.24, 2.45) is 4.99 Å². The van der Waals surface area contributed by atoms with Gasteiger partial charge < -0.3 is 4.74 Å². The zero-order valence-corrected chi connectivity index (χ0v) is 8.68. The zero-order valence-electron chi connectivity index (χ0n) is 8.68. The summed E-state index contributed by atoms with van der Waals surface area (Å²) in [4.78, 5) is 7.57. The predicted octanol–water partition coefficient (Wildman–Crippen LogP) is 2.13. The number of nitrogens with zero attached hydrogens (tertiary/aromatic N) is 3. The highest BCUT2D eigenvalue weighted by Gasteiger charge is 2.03. The lowest BCUT2D eigenvalue weighted by Gasteiger charge is -2.06. The van der Waals surface area contributed by atoms with Gasteiger partial charge in [-0.05, 0) is 18.6 Å². The van der Waals surface area contributed by atoms with E-state index < -0.39 is 0 Å². The maximum Gasteiger partial charge on any atom is 0.233 e. The topological polar surface area (TPSA) is 58.3 Å². The molecule has 0 N–H and O–H groups in total. The van der Waals surface area contributed by atoms with Gasteiger partial charge in [-0.15, -0.1) is 4.99 Å². The van der Waals surface area contributed by atoms with Crippen molar-refractivity contribution >= 4 is 5.90 Å². The van der Waals surface area contributed by atoms with Crippen molar-refractivity contribution in [1.82, 2.24) is 4.98 Å². The maximum absolute atomic E-state index is 8.52. The van der Waals surface area contributed by atoms with Crippen LogP contribution in [0.5, 0.6) is 0 Å². The summed E-state index contributed by atoms with van der Waals surface area (Å²) in [6, 6.07) is 3.60. The van der Waals surface area contributed by atoms with Gasteiger partial charge in [0.25, 0.3) is 0 Å². The maximum atomic E-state index is 8.52. The minimum atomic E-state index is 0.346. The quantitative estimate of drug-likeness (QED) is 0.326. The third-order valence-corrected chi connectivity index (χ3v) is 1.80. The van der Waals surface area contributed by atoms with E-state index in [1.807, 2.05) is 6.07 Å². The Balaban J connectivity index is 2.68. The standard InChI is InChI=1S/C11H13N3O/c1-2-3-7-15-11(14-9-12)10-5-4-6-13-8-10/h4-6,8H,2-3,7H2,1H3. The molecule has 0 aromatic carbocycles. The smallest absolute Gasteiger partial charge is 0.233 e. The number of unbranched alkanes of at least 4 members (excludes halogenated alkanes) is 1. The number of hydrogen-bond donors (Lipinski definition) is 0. The number of hydrogen-bond acceptors (Lipinski definition) is 4. The number of nitriles is 1. The van der Waals surface area contributed by atoms with Crippen molar-refractivity contribution in [1.29, 1.82) is 5.26 Å². The first-order chi connectivity index (χ1) is 7.38. The largest absolute Gasteiger partial charge is 0.477 e. The second-order valence-electron chi connectivity index (χ2n) is 2.96. The second kappa shape index (κ2) is 6.55. The van der Waals surface area contributed by atoms with Gasteiger partial charge in [-0.25, -0.2) is 0 Å². The van der Waals surface area contributed by atoms with E-state index >= 15 is 0 Å². The molecule has 1 rings (SSSR count). The molecule has 1 aromatic rings. The number of pyridine rings is 1. The van der Waals surface area contributed by atoms with Crippen molar-refractivity contribution in [2.75, 3.05) is 6.61 Å². The van der Waals surface area contributed by atoms with Gasteiger partial charge >= 0.3 is 0 Å². The van der Waals surface area contributed by atoms with Crippen LogP contribution in [0.25, 0.3) is 0 Å². The first-order valence-electron chi connectivity index (χ1n) is 4.88. The number of aromatic nitrogens is 1. The lowest BCUT2D eigenvalue weighted by Crippen LogP contribution is -2.08. The van der Waals surface area contributed by atoms with Crippen LogP contribution in [0.2, 0.25) is 0 Å². The van der Waals surface area contributed by atoms with Gasteiger partial charge in [0.05, 0.1) is 12.2 Å². The van der Waals surface area contributed by atoms with Crippen LogP contribution >= 0.6 is 0 Å². The van der Waals surface area contributed by atoms with Crippen LogP contribution in [0.1, 0.15) is 25.3 Å². The molecule has 0 aliphatic rings. The van der Waals surface area contributed by atoms with Gasteiger partial charge in [0, 0.05) is 12.4 Å². The highest BCUT2D eigenvalue weighted by molar-refractivity contribution is 5.94. The average molecular weight is 203 g/mol. The molecule has 0 saturated carbocycles. The van der Waals surface area contributed by atoms with Crippen molar-refractivity contribution in [3.63, 3.8) is 0 Å². The van der Waals surface area contributed by atoms with Gasteiger partial charge in [0.1, 0.15) is 0 Å². The number of ether oxygens (including phenoxy) is 1. The molecule has 0 aliphatic carbocycles. The Labute approximate surface area is 89.2 Å². The molecule has 0 unspecified atom stereocenters. The summed E-state index contributed by atoms with van der Waals surface area (Å²) in [5, 5.41) is 8.52. The normalized spacial score (nSPS) is 10.8. The fraction of sp³-hybridized carbons (Fsp3) is 0.364. The van der Waals surface area contributed by atoms with Crippen LogP contribution in [0.15, 0.2) is 29.5 Å². The zero-order chi connectivity index (χ0) is 10.9. The van der Waals surface area contributed by atoms with E-state index in [0.717, 1.165) is 18.4 Å². The lowest BCUT2D eigenvalue weighted by molar-refractivity contribution is 0.298. The summed E-state index contributed by atoms with van der Waals surface area (Å²) < 4.78 is 5.40. The predicted molar refractivity (Wildman–Crippen MR) is 57.2 cm³/mol. The molecule has 0 radical (unpaired) electrons. The molecule has 78 valence electrons. The van der Waals surface area contributed by atoms with E-state index in [9.17, 15) is 0 Å². The Morgan fingerprint density at radius 1 is 1.67 bits per heavy atom. The van der Waals surface area contributed by atoms with Crippen LogP contribution < -0.4 is 0 Å². The molecular formula is C11H13N3O. The molecule has 15 heavy (non-hydrogen) atoms. The van der Waals surface area contributed by atoms with E-state index in [0.29, 0.717) is 12.5 Å². The van der Waals surface area contributed by atoms with Gasteiger partial charge in [0.2, 0.25) is 12.1 Å². The first-order valence-corrected chi connectivity index (χ1v) is 4.88. The van der Waals surface area contributed by atoms with Crippen LogP contribution in [-0.2, 0) is 4.74 Å². The van der Waals surface area contributed by atoms with E-state index in [2.05, 4.69) is 16.9 Å². The second-order valence-corrected chi connectivity index (χ2v) is 2.96. The summed E-state index contributed by atoms with van der Waals surface area (Å²) in [7, 11) is 0. The van der Waals surface area contributed by atoms with Gasteiger partial charge in [-0.3, -0.25) is 4.98 Å². The summed E-state index contributed by atoms with van der Waals surface area (Å²) >= 11 is 0. The molecule has 0 atom stereocenters. The van der Waals surface area contributed by atoms with Gasteiger partial charge in [-0.2, -0.15) is 5.26 Å². The third-order valence-electron chi connectivity index (χ3n) is 1.80. The summed E-state index contributed by atoms with van der Waals surface area (Å²) in [6.07, 6.45) is 7.02. The molecule has 0 bridgehead atoms. The Bertz CT molecular complexity index is 354. The first kappa shape index (κ1) is 11.2. The van der Waals surface area contributed by atoms with Crippen molar-refractivity contribution in [3.05, 3.63) is 30.1 Å². The van der Waals surface area contributed by atoms with Crippen molar-refractivity contribution in [3.8, 4) is 6.19 Å². The molecule has 0 spiro atoms. The van der Waals surface area contributed by atoms with E-state index in [1.54, 1.807) is 24.7 Å². The van der Waals surface area contributed by atoms with E-state index in [-0.39, 0.29) is 0 Å². The fourth-order valence-electron chi connectivity index (χ4n) is 1.03. The Morgan fingerprint density at radius 2 is 2.53 bits per heavy atom.